The molecule has 0 saturated heterocycles. The van der Waals surface area contributed by atoms with Crippen LogP contribution in [0, 0.1) is 6.92 Å². The lowest BCUT2D eigenvalue weighted by Gasteiger charge is -2.22. The fraction of sp³-hybridized carbons (Fsp3) is 0.571. The standard InChI is InChI=1S/C14H20F3NO2S/c1-9-8-11(6-7-12(9)20-14(15,16)17)10(2)18-21(19)13(3,4)5/h6-8,10,18H,1-5H3/t10-,21?/m1/s1. The summed E-state index contributed by atoms with van der Waals surface area (Å²) in [6.07, 6.45) is -4.70. The predicted molar refractivity (Wildman–Crippen MR) is 77.3 cm³/mol. The van der Waals surface area contributed by atoms with Crippen molar-refractivity contribution in [3.8, 4) is 5.75 Å². The van der Waals surface area contributed by atoms with Crippen LogP contribution >= 0.6 is 0 Å². The molecule has 7 heteroatoms. The van der Waals surface area contributed by atoms with E-state index in [1.54, 1.807) is 6.07 Å². The van der Waals surface area contributed by atoms with Gasteiger partial charge in [-0.3, -0.25) is 0 Å². The molecule has 1 aromatic rings. The summed E-state index contributed by atoms with van der Waals surface area (Å²) in [5.74, 6) is -0.226. The second-order valence-corrected chi connectivity index (χ2v) is 7.79. The molecule has 0 spiro atoms. The molecule has 1 aromatic carbocycles. The molecule has 3 nitrogen and oxygen atoms in total. The third kappa shape index (κ3) is 5.67. The van der Waals surface area contributed by atoms with Gasteiger partial charge in [-0.05, 0) is 51.8 Å². The smallest absolute Gasteiger partial charge is 0.406 e. The van der Waals surface area contributed by atoms with Crippen LogP contribution < -0.4 is 9.46 Å². The zero-order valence-electron chi connectivity index (χ0n) is 12.7. The van der Waals surface area contributed by atoms with Crippen molar-refractivity contribution >= 4 is 11.0 Å². The van der Waals surface area contributed by atoms with Crippen molar-refractivity contribution in [2.24, 2.45) is 0 Å². The zero-order valence-corrected chi connectivity index (χ0v) is 13.5. The number of aryl methyl sites for hydroxylation is 1. The molecule has 2 atom stereocenters. The minimum atomic E-state index is -4.70. The average Bonchev–Trinajstić information content (AvgIpc) is 2.28. The number of alkyl halides is 3. The van der Waals surface area contributed by atoms with Crippen molar-refractivity contribution in [2.75, 3.05) is 0 Å². The van der Waals surface area contributed by atoms with Gasteiger partial charge in [-0.1, -0.05) is 12.1 Å². The van der Waals surface area contributed by atoms with E-state index in [1.165, 1.54) is 19.1 Å². The number of hydrogen-bond acceptors (Lipinski definition) is 2. The summed E-state index contributed by atoms with van der Waals surface area (Å²) in [5.41, 5.74) is 1.12. The summed E-state index contributed by atoms with van der Waals surface area (Å²) in [7, 11) is -1.26. The predicted octanol–water partition coefficient (Wildman–Crippen LogP) is 4.01. The SMILES string of the molecule is Cc1cc([C@@H](C)NS(=O)C(C)(C)C)ccc1OC(F)(F)F. The van der Waals surface area contributed by atoms with E-state index in [9.17, 15) is 17.4 Å². The number of ether oxygens (including phenoxy) is 1. The molecule has 0 aliphatic heterocycles. The number of benzene rings is 1. The zero-order chi connectivity index (χ0) is 16.4. The molecule has 0 amide bonds. The number of nitrogens with one attached hydrogen (secondary N) is 1. The lowest BCUT2D eigenvalue weighted by molar-refractivity contribution is -0.274. The van der Waals surface area contributed by atoms with Crippen molar-refractivity contribution in [1.29, 1.82) is 0 Å². The molecule has 0 saturated carbocycles. The quantitative estimate of drug-likeness (QED) is 0.909. The molecule has 1 rings (SSSR count). The van der Waals surface area contributed by atoms with Crippen LogP contribution in [-0.4, -0.2) is 15.3 Å². The Morgan fingerprint density at radius 2 is 1.81 bits per heavy atom. The molecule has 1 unspecified atom stereocenters. The highest BCUT2D eigenvalue weighted by molar-refractivity contribution is 7.84. The maximum Gasteiger partial charge on any atom is 0.573 e. The molecule has 0 aliphatic rings. The monoisotopic (exact) mass is 323 g/mol. The van der Waals surface area contributed by atoms with E-state index >= 15 is 0 Å². The highest BCUT2D eigenvalue weighted by Gasteiger charge is 2.31. The Balaban J connectivity index is 2.86. The van der Waals surface area contributed by atoms with Gasteiger partial charge in [0.05, 0.1) is 15.7 Å². The molecule has 0 fully saturated rings. The van der Waals surface area contributed by atoms with Gasteiger partial charge in [0.1, 0.15) is 5.75 Å². The van der Waals surface area contributed by atoms with E-state index in [-0.39, 0.29) is 11.8 Å². The van der Waals surface area contributed by atoms with Crippen molar-refractivity contribution < 1.29 is 22.1 Å². The molecule has 0 aliphatic carbocycles. The van der Waals surface area contributed by atoms with Crippen molar-refractivity contribution in [2.45, 2.75) is 51.8 Å². The van der Waals surface area contributed by atoms with Crippen LogP contribution in [0.1, 0.15) is 44.9 Å². The van der Waals surface area contributed by atoms with E-state index in [2.05, 4.69) is 9.46 Å². The number of hydrogen-bond donors (Lipinski definition) is 1. The Bertz CT molecular complexity index is 524. The van der Waals surface area contributed by atoms with Gasteiger partial charge in [-0.25, -0.2) is 8.93 Å². The van der Waals surface area contributed by atoms with Gasteiger partial charge in [-0.2, -0.15) is 0 Å². The second kappa shape index (κ2) is 6.36. The normalized spacial score (nSPS) is 15.6. The van der Waals surface area contributed by atoms with Crippen molar-refractivity contribution in [1.82, 2.24) is 4.72 Å². The molecule has 0 aromatic heterocycles. The minimum Gasteiger partial charge on any atom is -0.406 e. The van der Waals surface area contributed by atoms with E-state index in [4.69, 9.17) is 0 Å². The van der Waals surface area contributed by atoms with Crippen LogP contribution in [0.5, 0.6) is 5.75 Å². The highest BCUT2D eigenvalue weighted by Crippen LogP contribution is 2.28. The van der Waals surface area contributed by atoms with Gasteiger partial charge in [0.15, 0.2) is 0 Å². The molecule has 120 valence electrons. The Hall–Kier alpha value is -1.08. The summed E-state index contributed by atoms with van der Waals surface area (Å²) in [6, 6.07) is 4.16. The third-order valence-corrected chi connectivity index (χ3v) is 4.44. The van der Waals surface area contributed by atoms with Crippen LogP contribution in [-0.2, 0) is 11.0 Å². The summed E-state index contributed by atoms with van der Waals surface area (Å²) < 4.78 is 55.1. The second-order valence-electron chi connectivity index (χ2n) is 5.79. The van der Waals surface area contributed by atoms with E-state index in [0.717, 1.165) is 5.56 Å². The molecular weight excluding hydrogens is 303 g/mol. The average molecular weight is 323 g/mol. The van der Waals surface area contributed by atoms with Gasteiger partial charge in [0.25, 0.3) is 0 Å². The van der Waals surface area contributed by atoms with Gasteiger partial charge < -0.3 is 4.74 Å². The van der Waals surface area contributed by atoms with Gasteiger partial charge in [-0.15, -0.1) is 13.2 Å². The van der Waals surface area contributed by atoms with Crippen LogP contribution in [0.25, 0.3) is 0 Å². The largest absolute Gasteiger partial charge is 0.573 e. The van der Waals surface area contributed by atoms with Crippen molar-refractivity contribution in [3.63, 3.8) is 0 Å². The first kappa shape index (κ1) is 18.0. The van der Waals surface area contributed by atoms with Gasteiger partial charge >= 0.3 is 6.36 Å². The molecule has 0 radical (unpaired) electrons. The fourth-order valence-corrected chi connectivity index (χ4v) is 2.40. The minimum absolute atomic E-state index is 0.226. The first-order valence-electron chi connectivity index (χ1n) is 6.44. The number of rotatable bonds is 4. The first-order valence-corrected chi connectivity index (χ1v) is 7.59. The summed E-state index contributed by atoms with van der Waals surface area (Å²) in [4.78, 5) is 0. The van der Waals surface area contributed by atoms with E-state index < -0.39 is 22.1 Å². The summed E-state index contributed by atoms with van der Waals surface area (Å²) >= 11 is 0. The van der Waals surface area contributed by atoms with Gasteiger partial charge in [0.2, 0.25) is 0 Å². The lowest BCUT2D eigenvalue weighted by Crippen LogP contribution is -2.34. The van der Waals surface area contributed by atoms with Crippen LogP contribution in [0.15, 0.2) is 18.2 Å². The van der Waals surface area contributed by atoms with Crippen LogP contribution in [0.2, 0.25) is 0 Å². The Labute approximate surface area is 125 Å². The first-order chi connectivity index (χ1) is 9.40. The fourth-order valence-electron chi connectivity index (χ4n) is 1.59. The Morgan fingerprint density at radius 1 is 1.24 bits per heavy atom. The molecule has 21 heavy (non-hydrogen) atoms. The van der Waals surface area contributed by atoms with Crippen molar-refractivity contribution in [3.05, 3.63) is 29.3 Å². The molecule has 1 N–H and O–H groups in total. The highest BCUT2D eigenvalue weighted by atomic mass is 32.2. The summed E-state index contributed by atoms with van der Waals surface area (Å²) in [6.45, 7) is 8.87. The van der Waals surface area contributed by atoms with E-state index in [1.807, 2.05) is 27.7 Å². The van der Waals surface area contributed by atoms with Gasteiger partial charge in [0, 0.05) is 6.04 Å². The maximum absolute atomic E-state index is 12.2. The summed E-state index contributed by atoms with van der Waals surface area (Å²) in [5, 5.41) is 0. The molecule has 0 heterocycles. The molecular formula is C14H20F3NO2S. The van der Waals surface area contributed by atoms with Crippen LogP contribution in [0.4, 0.5) is 13.2 Å². The van der Waals surface area contributed by atoms with E-state index in [0.29, 0.717) is 5.56 Å². The maximum atomic E-state index is 12.2. The Morgan fingerprint density at radius 3 is 2.24 bits per heavy atom. The molecule has 0 bridgehead atoms. The number of halogens is 3. The third-order valence-electron chi connectivity index (χ3n) is 2.76. The lowest BCUT2D eigenvalue weighted by atomic mass is 10.1. The van der Waals surface area contributed by atoms with Crippen LogP contribution in [0.3, 0.4) is 0 Å². The topological polar surface area (TPSA) is 38.3 Å². The Kier molecular flexibility index (Phi) is 5.44.